The van der Waals surface area contributed by atoms with E-state index in [1.807, 2.05) is 32.6 Å². The molecule has 8 nitrogen and oxygen atoms in total. The first-order chi connectivity index (χ1) is 17.1. The van der Waals surface area contributed by atoms with Crippen LogP contribution in [0.3, 0.4) is 0 Å². The number of hydrogen-bond acceptors (Lipinski definition) is 5. The highest BCUT2D eigenvalue weighted by molar-refractivity contribution is 5.82. The molecule has 0 aliphatic carbocycles. The van der Waals surface area contributed by atoms with Crippen molar-refractivity contribution in [1.82, 2.24) is 15.5 Å². The smallest absolute Gasteiger partial charge is 0.237 e. The van der Waals surface area contributed by atoms with Gasteiger partial charge >= 0.3 is 0 Å². The van der Waals surface area contributed by atoms with E-state index in [-0.39, 0.29) is 29.6 Å². The van der Waals surface area contributed by atoms with Gasteiger partial charge in [0.2, 0.25) is 17.7 Å². The van der Waals surface area contributed by atoms with Crippen molar-refractivity contribution in [3.8, 4) is 0 Å². The molecule has 0 rings (SSSR count). The van der Waals surface area contributed by atoms with Crippen LogP contribution in [0.2, 0.25) is 0 Å². The third-order valence-corrected chi connectivity index (χ3v) is 6.70. The van der Waals surface area contributed by atoms with Crippen LogP contribution in [0.15, 0.2) is 0 Å². The number of unbranched alkanes of at least 4 members (excludes halogenated alkanes) is 8. The Morgan fingerprint density at radius 2 is 1.03 bits per heavy atom. The zero-order valence-electron chi connectivity index (χ0n) is 23.9. The molecule has 0 bridgehead atoms. The maximum atomic E-state index is 12.9. The van der Waals surface area contributed by atoms with Crippen LogP contribution in [0.4, 0.5) is 0 Å². The fourth-order valence-corrected chi connectivity index (χ4v) is 3.91. The number of rotatable bonds is 22. The van der Waals surface area contributed by atoms with Gasteiger partial charge in [0.1, 0.15) is 0 Å². The maximum Gasteiger partial charge on any atom is 0.237 e. The lowest BCUT2D eigenvalue weighted by Crippen LogP contribution is -2.45. The molecular formula is C28H57N5O3. The Balaban J connectivity index is 4.46. The topological polar surface area (TPSA) is 131 Å². The van der Waals surface area contributed by atoms with Crippen molar-refractivity contribution in [3.63, 3.8) is 0 Å². The van der Waals surface area contributed by atoms with Crippen molar-refractivity contribution in [2.24, 2.45) is 23.3 Å². The second-order valence-electron chi connectivity index (χ2n) is 10.8. The molecule has 212 valence electrons. The molecule has 0 saturated heterocycles. The van der Waals surface area contributed by atoms with Crippen LogP contribution < -0.4 is 22.1 Å². The Bertz CT molecular complexity index is 564. The van der Waals surface area contributed by atoms with Crippen LogP contribution in [0.25, 0.3) is 0 Å². The fraction of sp³-hybridized carbons (Fsp3) is 0.893. The number of nitrogens with one attached hydrogen (secondary N) is 2. The molecular weight excluding hydrogens is 454 g/mol. The molecule has 0 fully saturated rings. The van der Waals surface area contributed by atoms with Crippen molar-refractivity contribution in [2.45, 2.75) is 124 Å². The van der Waals surface area contributed by atoms with Gasteiger partial charge in [0.15, 0.2) is 0 Å². The first kappa shape index (κ1) is 34.3. The lowest BCUT2D eigenvalue weighted by atomic mass is 10.1. The van der Waals surface area contributed by atoms with Gasteiger partial charge in [-0.1, -0.05) is 86.0 Å². The molecule has 2 atom stereocenters. The van der Waals surface area contributed by atoms with Gasteiger partial charge in [-0.15, -0.1) is 0 Å². The van der Waals surface area contributed by atoms with Crippen LogP contribution in [-0.4, -0.2) is 60.9 Å². The van der Waals surface area contributed by atoms with Crippen LogP contribution in [0.5, 0.6) is 0 Å². The van der Waals surface area contributed by atoms with E-state index in [4.69, 9.17) is 11.5 Å². The van der Waals surface area contributed by atoms with Gasteiger partial charge < -0.3 is 27.0 Å². The molecule has 36 heavy (non-hydrogen) atoms. The molecule has 0 aromatic heterocycles. The summed E-state index contributed by atoms with van der Waals surface area (Å²) >= 11 is 0. The summed E-state index contributed by atoms with van der Waals surface area (Å²) in [5, 5.41) is 5.75. The summed E-state index contributed by atoms with van der Waals surface area (Å²) in [6.45, 7) is 12.0. The Morgan fingerprint density at radius 3 is 1.42 bits per heavy atom. The molecule has 0 radical (unpaired) electrons. The summed E-state index contributed by atoms with van der Waals surface area (Å²) in [6, 6.07) is -1.04. The van der Waals surface area contributed by atoms with E-state index in [1.165, 1.54) is 44.9 Å². The summed E-state index contributed by atoms with van der Waals surface area (Å²) in [6.07, 6.45) is 12.8. The first-order valence-electron chi connectivity index (χ1n) is 14.5. The Labute approximate surface area is 221 Å². The molecule has 8 heteroatoms. The third kappa shape index (κ3) is 16.9. The van der Waals surface area contributed by atoms with Crippen LogP contribution in [-0.2, 0) is 14.4 Å². The third-order valence-electron chi connectivity index (χ3n) is 6.70. The van der Waals surface area contributed by atoms with E-state index >= 15 is 0 Å². The van der Waals surface area contributed by atoms with E-state index in [2.05, 4.69) is 17.6 Å². The van der Waals surface area contributed by atoms with E-state index in [0.717, 1.165) is 12.8 Å². The highest BCUT2D eigenvalue weighted by Crippen LogP contribution is 2.11. The molecule has 3 amide bonds. The molecule has 0 aromatic carbocycles. The van der Waals surface area contributed by atoms with Crippen molar-refractivity contribution >= 4 is 17.7 Å². The number of nitrogens with zero attached hydrogens (tertiary/aromatic N) is 1. The number of nitrogens with two attached hydrogens (primary N) is 2. The maximum absolute atomic E-state index is 12.9. The predicted molar refractivity (Wildman–Crippen MR) is 149 cm³/mol. The normalized spacial score (nSPS) is 13.0. The number of carbonyl (C=O) groups is 3. The second kappa shape index (κ2) is 21.4. The van der Waals surface area contributed by atoms with E-state index < -0.39 is 12.1 Å². The monoisotopic (exact) mass is 511 g/mol. The van der Waals surface area contributed by atoms with E-state index in [9.17, 15) is 14.4 Å². The highest BCUT2D eigenvalue weighted by Gasteiger charge is 2.18. The number of hydrogen-bond donors (Lipinski definition) is 4. The summed E-state index contributed by atoms with van der Waals surface area (Å²) in [4.78, 5) is 38.9. The van der Waals surface area contributed by atoms with Gasteiger partial charge in [-0.05, 0) is 31.1 Å². The molecule has 0 aromatic rings. The molecule has 0 aliphatic heterocycles. The Hall–Kier alpha value is -1.67. The quantitative estimate of drug-likeness (QED) is 0.165. The van der Waals surface area contributed by atoms with Gasteiger partial charge in [-0.3, -0.25) is 14.4 Å². The lowest BCUT2D eigenvalue weighted by Gasteiger charge is -2.24. The van der Waals surface area contributed by atoms with Crippen molar-refractivity contribution in [2.75, 3.05) is 26.2 Å². The minimum atomic E-state index is -0.518. The zero-order valence-corrected chi connectivity index (χ0v) is 23.9. The van der Waals surface area contributed by atoms with Gasteiger partial charge in [-0.25, -0.2) is 0 Å². The highest BCUT2D eigenvalue weighted by atomic mass is 16.2. The lowest BCUT2D eigenvalue weighted by molar-refractivity contribution is -0.131. The second-order valence-corrected chi connectivity index (χ2v) is 10.8. The Morgan fingerprint density at radius 1 is 0.639 bits per heavy atom. The molecule has 6 N–H and O–H groups in total. The molecule has 0 spiro atoms. The molecule has 0 heterocycles. The summed E-state index contributed by atoms with van der Waals surface area (Å²) in [7, 11) is 0. The van der Waals surface area contributed by atoms with Crippen LogP contribution >= 0.6 is 0 Å². The number of carbonyl (C=O) groups excluding carboxylic acids is 3. The SMILES string of the molecule is CCCCCCCCCCCC(=O)N(CCCNC(=O)[C@@H](N)C(C)C)CCCNC(=O)[C@@H](N)C(C)C. The van der Waals surface area contributed by atoms with Crippen molar-refractivity contribution in [3.05, 3.63) is 0 Å². The van der Waals surface area contributed by atoms with E-state index in [1.54, 1.807) is 0 Å². The average Bonchev–Trinajstić information content (AvgIpc) is 2.84. The molecule has 0 unspecified atom stereocenters. The van der Waals surface area contributed by atoms with Gasteiger partial charge in [-0.2, -0.15) is 0 Å². The summed E-state index contributed by atoms with van der Waals surface area (Å²) < 4.78 is 0. The average molecular weight is 512 g/mol. The van der Waals surface area contributed by atoms with Crippen molar-refractivity contribution in [1.29, 1.82) is 0 Å². The number of amides is 3. The first-order valence-corrected chi connectivity index (χ1v) is 14.5. The van der Waals surface area contributed by atoms with Gasteiger partial charge in [0.25, 0.3) is 0 Å². The minimum absolute atomic E-state index is 0.0819. The fourth-order valence-electron chi connectivity index (χ4n) is 3.91. The van der Waals surface area contributed by atoms with Gasteiger partial charge in [0.05, 0.1) is 12.1 Å². The molecule has 0 saturated carbocycles. The summed E-state index contributed by atoms with van der Waals surface area (Å²) in [5.74, 6) is 0.00814. The predicted octanol–water partition coefficient (Wildman–Crippen LogP) is 3.72. The Kier molecular flexibility index (Phi) is 20.4. The molecule has 0 aliphatic rings. The standard InChI is InChI=1S/C28H57N5O3/c1-6-7-8-9-10-11-12-13-14-17-24(34)33(20-15-18-31-27(35)25(29)22(2)3)21-16-19-32-28(36)26(30)23(4)5/h22-23,25-26H,6-21,29-30H2,1-5H3,(H,31,35)(H,32,36)/t25-,26-/m0/s1. The van der Waals surface area contributed by atoms with Crippen molar-refractivity contribution < 1.29 is 14.4 Å². The zero-order chi connectivity index (χ0) is 27.3. The van der Waals surface area contributed by atoms with Crippen LogP contribution in [0.1, 0.15) is 112 Å². The van der Waals surface area contributed by atoms with Gasteiger partial charge in [0, 0.05) is 32.6 Å². The van der Waals surface area contributed by atoms with E-state index in [0.29, 0.717) is 45.4 Å². The largest absolute Gasteiger partial charge is 0.355 e. The summed E-state index contributed by atoms with van der Waals surface area (Å²) in [5.41, 5.74) is 11.8. The minimum Gasteiger partial charge on any atom is -0.355 e. The van der Waals surface area contributed by atoms with Crippen LogP contribution in [0, 0.1) is 11.8 Å².